The predicted octanol–water partition coefficient (Wildman–Crippen LogP) is 8.59. The number of carbonyl (C=O) groups is 6. The second-order valence-electron chi connectivity index (χ2n) is 13.9. The molecular formula is C45H30N2O10. The van der Waals surface area contributed by atoms with E-state index in [9.17, 15) is 39.0 Å². The Kier molecular flexibility index (Phi) is 8.73. The van der Waals surface area contributed by atoms with Crippen LogP contribution in [-0.4, -0.2) is 45.8 Å². The standard InChI is InChI=1S/C45H30N2O10/c1-45(2,27-5-13-31(14-6-27)56-33-17-9-29(10-18-33)46-39(48)35-21-3-25(43(52)53)23-37(35)41(46)50)28-7-15-32(16-8-28)57-34-19-11-30(12-20-34)47-40(49)36-22-4-26(44(54)55)24-38(36)42(47)51/h3-24H,1-2H3,(H,52,53)(H,54,55). The summed E-state index contributed by atoms with van der Waals surface area (Å²) in [5, 5.41) is 18.6. The first-order chi connectivity index (χ1) is 27.3. The second-order valence-corrected chi connectivity index (χ2v) is 13.9. The van der Waals surface area contributed by atoms with Gasteiger partial charge in [0, 0.05) is 5.41 Å². The lowest BCUT2D eigenvalue weighted by atomic mass is 9.78. The topological polar surface area (TPSA) is 168 Å². The third kappa shape index (κ3) is 6.44. The number of imide groups is 2. The Labute approximate surface area is 324 Å². The van der Waals surface area contributed by atoms with Gasteiger partial charge in [-0.3, -0.25) is 19.2 Å². The summed E-state index contributed by atoms with van der Waals surface area (Å²) < 4.78 is 12.1. The molecule has 0 saturated carbocycles. The van der Waals surface area contributed by atoms with Crippen LogP contribution in [0.2, 0.25) is 0 Å². The number of carboxylic acids is 2. The fraction of sp³-hybridized carbons (Fsp3) is 0.0667. The molecule has 8 rings (SSSR count). The molecule has 0 atom stereocenters. The zero-order valence-electron chi connectivity index (χ0n) is 30.3. The van der Waals surface area contributed by atoms with Crippen LogP contribution in [0, 0.1) is 0 Å². The Balaban J connectivity index is 0.891. The van der Waals surface area contributed by atoms with Crippen molar-refractivity contribution in [3.63, 3.8) is 0 Å². The summed E-state index contributed by atoms with van der Waals surface area (Å²) in [6.45, 7) is 4.19. The molecule has 280 valence electrons. The molecule has 12 heteroatoms. The molecule has 57 heavy (non-hydrogen) atoms. The van der Waals surface area contributed by atoms with Crippen LogP contribution in [0.4, 0.5) is 11.4 Å². The number of anilines is 2. The highest BCUT2D eigenvalue weighted by molar-refractivity contribution is 6.35. The normalized spacial score (nSPS) is 13.4. The van der Waals surface area contributed by atoms with Gasteiger partial charge in [-0.1, -0.05) is 38.1 Å². The van der Waals surface area contributed by atoms with Crippen molar-refractivity contribution >= 4 is 46.9 Å². The number of fused-ring (bicyclic) bond motifs is 2. The Bertz CT molecular complexity index is 2480. The highest BCUT2D eigenvalue weighted by Crippen LogP contribution is 2.37. The lowest BCUT2D eigenvalue weighted by Crippen LogP contribution is -2.29. The number of aromatic carboxylic acids is 2. The van der Waals surface area contributed by atoms with E-state index in [4.69, 9.17) is 9.47 Å². The molecule has 0 bridgehead atoms. The van der Waals surface area contributed by atoms with E-state index in [0.29, 0.717) is 34.4 Å². The van der Waals surface area contributed by atoms with Crippen LogP contribution in [0.3, 0.4) is 0 Å². The number of carboxylic acid groups (broad SMARTS) is 2. The largest absolute Gasteiger partial charge is 0.478 e. The summed E-state index contributed by atoms with van der Waals surface area (Å²) in [5.41, 5.74) is 2.55. The number of nitrogens with zero attached hydrogens (tertiary/aromatic N) is 2. The lowest BCUT2D eigenvalue weighted by molar-refractivity contribution is 0.0686. The number of hydrogen-bond acceptors (Lipinski definition) is 8. The Morgan fingerprint density at radius 1 is 0.439 bits per heavy atom. The number of amides is 4. The van der Waals surface area contributed by atoms with E-state index in [2.05, 4.69) is 13.8 Å². The first-order valence-corrected chi connectivity index (χ1v) is 17.6. The zero-order valence-corrected chi connectivity index (χ0v) is 30.3. The van der Waals surface area contributed by atoms with Crippen LogP contribution in [0.15, 0.2) is 133 Å². The molecule has 0 aliphatic carbocycles. The summed E-state index contributed by atoms with van der Waals surface area (Å²) >= 11 is 0. The summed E-state index contributed by atoms with van der Waals surface area (Å²) in [7, 11) is 0. The molecule has 4 amide bonds. The van der Waals surface area contributed by atoms with Gasteiger partial charge in [-0.2, -0.15) is 0 Å². The van der Waals surface area contributed by atoms with E-state index in [1.165, 1.54) is 36.4 Å². The van der Waals surface area contributed by atoms with Gasteiger partial charge >= 0.3 is 11.9 Å². The number of benzene rings is 6. The van der Waals surface area contributed by atoms with Crippen molar-refractivity contribution in [2.45, 2.75) is 19.3 Å². The molecule has 2 N–H and O–H groups in total. The van der Waals surface area contributed by atoms with Crippen LogP contribution in [0.5, 0.6) is 23.0 Å². The smallest absolute Gasteiger partial charge is 0.335 e. The molecule has 0 fully saturated rings. The quantitative estimate of drug-likeness (QED) is 0.129. The van der Waals surface area contributed by atoms with Crippen LogP contribution < -0.4 is 19.3 Å². The molecule has 2 heterocycles. The molecule has 6 aromatic rings. The summed E-state index contributed by atoms with van der Waals surface area (Å²) in [6.07, 6.45) is 0. The number of ether oxygens (including phenoxy) is 2. The highest BCUT2D eigenvalue weighted by Gasteiger charge is 2.38. The minimum Gasteiger partial charge on any atom is -0.478 e. The molecule has 0 aromatic heterocycles. The predicted molar refractivity (Wildman–Crippen MR) is 207 cm³/mol. The van der Waals surface area contributed by atoms with E-state index in [1.54, 1.807) is 48.5 Å². The summed E-state index contributed by atoms with van der Waals surface area (Å²) in [6, 6.07) is 36.0. The molecule has 0 spiro atoms. The first kappa shape index (κ1) is 36.1. The molecule has 12 nitrogen and oxygen atoms in total. The number of carbonyl (C=O) groups excluding carboxylic acids is 4. The van der Waals surface area contributed by atoms with E-state index >= 15 is 0 Å². The second kappa shape index (κ2) is 13.8. The van der Waals surface area contributed by atoms with E-state index in [-0.39, 0.29) is 33.4 Å². The maximum absolute atomic E-state index is 13.0. The van der Waals surface area contributed by atoms with Gasteiger partial charge in [0.2, 0.25) is 0 Å². The van der Waals surface area contributed by atoms with Gasteiger partial charge in [0.15, 0.2) is 0 Å². The highest BCUT2D eigenvalue weighted by atomic mass is 16.5. The van der Waals surface area contributed by atoms with Crippen molar-refractivity contribution in [1.82, 2.24) is 0 Å². The van der Waals surface area contributed by atoms with Crippen molar-refractivity contribution in [3.05, 3.63) is 178 Å². The van der Waals surface area contributed by atoms with Crippen molar-refractivity contribution < 1.29 is 48.5 Å². The van der Waals surface area contributed by atoms with Crippen LogP contribution >= 0.6 is 0 Å². The molecule has 0 radical (unpaired) electrons. The third-order valence-corrected chi connectivity index (χ3v) is 10.1. The molecule has 2 aliphatic heterocycles. The Morgan fingerprint density at radius 2 is 0.737 bits per heavy atom. The molecule has 0 saturated heterocycles. The van der Waals surface area contributed by atoms with Gasteiger partial charge in [-0.05, 0) is 120 Å². The van der Waals surface area contributed by atoms with Gasteiger partial charge in [-0.15, -0.1) is 0 Å². The zero-order chi connectivity index (χ0) is 40.2. The fourth-order valence-corrected chi connectivity index (χ4v) is 6.86. The third-order valence-electron chi connectivity index (χ3n) is 10.1. The summed E-state index contributed by atoms with van der Waals surface area (Å²) in [4.78, 5) is 76.7. The van der Waals surface area contributed by atoms with Gasteiger partial charge in [0.25, 0.3) is 23.6 Å². The summed E-state index contributed by atoms with van der Waals surface area (Å²) in [5.74, 6) is -2.50. The maximum atomic E-state index is 13.0. The van der Waals surface area contributed by atoms with Gasteiger partial charge in [0.1, 0.15) is 23.0 Å². The van der Waals surface area contributed by atoms with Crippen molar-refractivity contribution in [2.24, 2.45) is 0 Å². The van der Waals surface area contributed by atoms with Gasteiger partial charge in [0.05, 0.1) is 44.8 Å². The molecule has 2 aliphatic rings. The van der Waals surface area contributed by atoms with Crippen LogP contribution in [-0.2, 0) is 5.41 Å². The SMILES string of the molecule is CC(C)(c1ccc(Oc2ccc(N3C(=O)c4ccc(C(=O)O)cc4C3=O)cc2)cc1)c1ccc(Oc2ccc(N3C(=O)c4ccc(C(=O)O)cc4C3=O)cc2)cc1. The minimum atomic E-state index is -1.19. The van der Waals surface area contributed by atoms with E-state index in [0.717, 1.165) is 20.9 Å². The van der Waals surface area contributed by atoms with Gasteiger partial charge in [-0.25, -0.2) is 19.4 Å². The van der Waals surface area contributed by atoms with E-state index < -0.39 is 41.0 Å². The molecule has 6 aromatic carbocycles. The lowest BCUT2D eigenvalue weighted by Gasteiger charge is -2.26. The minimum absolute atomic E-state index is 0.0439. The fourth-order valence-electron chi connectivity index (χ4n) is 6.86. The maximum Gasteiger partial charge on any atom is 0.335 e. The van der Waals surface area contributed by atoms with Crippen LogP contribution in [0.25, 0.3) is 0 Å². The molecule has 0 unspecified atom stereocenters. The van der Waals surface area contributed by atoms with E-state index in [1.807, 2.05) is 48.5 Å². The van der Waals surface area contributed by atoms with Crippen molar-refractivity contribution in [1.29, 1.82) is 0 Å². The van der Waals surface area contributed by atoms with Gasteiger partial charge < -0.3 is 19.7 Å². The number of rotatable bonds is 10. The van der Waals surface area contributed by atoms with Crippen LogP contribution in [0.1, 0.15) is 87.1 Å². The number of hydrogen-bond donors (Lipinski definition) is 2. The molecular weight excluding hydrogens is 728 g/mol. The average Bonchev–Trinajstić information content (AvgIpc) is 3.61. The first-order valence-electron chi connectivity index (χ1n) is 17.6. The Hall–Kier alpha value is -7.86. The average molecular weight is 759 g/mol. The van der Waals surface area contributed by atoms with Crippen molar-refractivity contribution in [2.75, 3.05) is 9.80 Å². The Morgan fingerprint density at radius 3 is 1.05 bits per heavy atom. The van der Waals surface area contributed by atoms with Crippen molar-refractivity contribution in [3.8, 4) is 23.0 Å². The monoisotopic (exact) mass is 758 g/mol.